The second-order valence-corrected chi connectivity index (χ2v) is 5.91. The van der Waals surface area contributed by atoms with E-state index in [2.05, 4.69) is 17.5 Å². The number of aliphatic carboxylic acids is 1. The molecule has 0 aliphatic carbocycles. The molecule has 23 heavy (non-hydrogen) atoms. The number of nitrogens with zero attached hydrogens (tertiary/aromatic N) is 1. The van der Waals surface area contributed by atoms with E-state index >= 15 is 0 Å². The molecule has 2 N–H and O–H groups in total. The SMILES string of the molecule is N#CCSc1c(Cl)ccc2c1CCNCC2.O=C(O)C(F)(F)F. The minimum absolute atomic E-state index is 0.462. The van der Waals surface area contributed by atoms with E-state index in [-0.39, 0.29) is 0 Å². The van der Waals surface area contributed by atoms with E-state index in [1.807, 2.05) is 6.07 Å². The van der Waals surface area contributed by atoms with Gasteiger partial charge in [0.05, 0.1) is 16.8 Å². The van der Waals surface area contributed by atoms with Crippen LogP contribution in [0.1, 0.15) is 11.1 Å². The number of alkyl halides is 3. The van der Waals surface area contributed by atoms with Crippen LogP contribution in [-0.2, 0) is 17.6 Å². The first-order chi connectivity index (χ1) is 10.8. The Morgan fingerprint density at radius 2 is 2.00 bits per heavy atom. The van der Waals surface area contributed by atoms with Crippen molar-refractivity contribution in [3.63, 3.8) is 0 Å². The van der Waals surface area contributed by atoms with Gasteiger partial charge in [0.1, 0.15) is 0 Å². The fourth-order valence-electron chi connectivity index (χ4n) is 1.97. The van der Waals surface area contributed by atoms with Crippen molar-refractivity contribution in [1.82, 2.24) is 5.32 Å². The molecule has 1 aromatic carbocycles. The van der Waals surface area contributed by atoms with Crippen LogP contribution in [0.25, 0.3) is 0 Å². The number of nitriles is 1. The summed E-state index contributed by atoms with van der Waals surface area (Å²) in [4.78, 5) is 10.00. The van der Waals surface area contributed by atoms with E-state index in [9.17, 15) is 13.2 Å². The Hall–Kier alpha value is -1.43. The summed E-state index contributed by atoms with van der Waals surface area (Å²) in [5.41, 5.74) is 2.70. The number of thioether (sulfide) groups is 1. The van der Waals surface area contributed by atoms with Gasteiger partial charge >= 0.3 is 12.1 Å². The van der Waals surface area contributed by atoms with Crippen LogP contribution in [0.3, 0.4) is 0 Å². The van der Waals surface area contributed by atoms with Crippen molar-refractivity contribution in [2.45, 2.75) is 23.9 Å². The highest BCUT2D eigenvalue weighted by Crippen LogP contribution is 2.33. The van der Waals surface area contributed by atoms with Gasteiger partial charge in [0, 0.05) is 4.90 Å². The first-order valence-corrected chi connectivity index (χ1v) is 7.94. The predicted molar refractivity (Wildman–Crippen MR) is 81.8 cm³/mol. The van der Waals surface area contributed by atoms with Crippen molar-refractivity contribution in [2.24, 2.45) is 0 Å². The number of nitrogens with one attached hydrogen (secondary N) is 1. The fraction of sp³-hybridized carbons (Fsp3) is 0.429. The second kappa shape index (κ2) is 9.01. The molecule has 0 atom stereocenters. The molecule has 0 saturated heterocycles. The highest BCUT2D eigenvalue weighted by molar-refractivity contribution is 7.99. The van der Waals surface area contributed by atoms with Gasteiger partial charge in [0.15, 0.2) is 0 Å². The number of halogens is 4. The first kappa shape index (κ1) is 19.6. The van der Waals surface area contributed by atoms with Crippen molar-refractivity contribution in [3.8, 4) is 6.07 Å². The van der Waals surface area contributed by atoms with Gasteiger partial charge in [0.2, 0.25) is 0 Å². The third-order valence-electron chi connectivity index (χ3n) is 2.96. The summed E-state index contributed by atoms with van der Waals surface area (Å²) in [6, 6.07) is 6.22. The number of hydrogen-bond donors (Lipinski definition) is 2. The van der Waals surface area contributed by atoms with Crippen molar-refractivity contribution in [3.05, 3.63) is 28.3 Å². The zero-order valence-electron chi connectivity index (χ0n) is 11.9. The summed E-state index contributed by atoms with van der Waals surface area (Å²) >= 11 is 7.75. The minimum atomic E-state index is -5.08. The Labute approximate surface area is 140 Å². The molecule has 0 radical (unpaired) electrons. The highest BCUT2D eigenvalue weighted by atomic mass is 35.5. The fourth-order valence-corrected chi connectivity index (χ4v) is 3.13. The summed E-state index contributed by atoms with van der Waals surface area (Å²) in [6.45, 7) is 2.02. The second-order valence-electron chi connectivity index (χ2n) is 4.51. The van der Waals surface area contributed by atoms with Crippen molar-refractivity contribution in [2.75, 3.05) is 18.8 Å². The third-order valence-corrected chi connectivity index (χ3v) is 4.41. The van der Waals surface area contributed by atoms with Crippen LogP contribution in [0, 0.1) is 11.3 Å². The van der Waals surface area contributed by atoms with E-state index in [0.29, 0.717) is 5.75 Å². The van der Waals surface area contributed by atoms with Crippen molar-refractivity contribution >= 4 is 29.3 Å². The van der Waals surface area contributed by atoms with Gasteiger partial charge in [-0.15, -0.1) is 11.8 Å². The quantitative estimate of drug-likeness (QED) is 0.786. The zero-order chi connectivity index (χ0) is 17.5. The maximum Gasteiger partial charge on any atom is 0.490 e. The standard InChI is InChI=1S/C12H13ClN2S.C2HF3O2/c13-11-2-1-9-3-6-15-7-4-10(9)12(11)16-8-5-14;3-2(4,5)1(6)7/h1-2,15H,3-4,6-8H2;(H,6,7). The number of hydrogen-bond acceptors (Lipinski definition) is 4. The first-order valence-electron chi connectivity index (χ1n) is 6.58. The molecule has 0 fully saturated rings. The molecule has 1 heterocycles. The number of fused-ring (bicyclic) bond motifs is 1. The monoisotopic (exact) mass is 366 g/mol. The third kappa shape index (κ3) is 6.29. The van der Waals surface area contributed by atoms with Crippen LogP contribution in [0.15, 0.2) is 17.0 Å². The molecular formula is C14H14ClF3N2O2S. The van der Waals surface area contributed by atoms with Crippen LogP contribution in [-0.4, -0.2) is 36.1 Å². The van der Waals surface area contributed by atoms with Crippen molar-refractivity contribution in [1.29, 1.82) is 5.26 Å². The molecule has 0 saturated carbocycles. The lowest BCUT2D eigenvalue weighted by Gasteiger charge is -2.12. The molecule has 1 aliphatic heterocycles. The number of carboxylic acid groups (broad SMARTS) is 1. The lowest BCUT2D eigenvalue weighted by molar-refractivity contribution is -0.192. The van der Waals surface area contributed by atoms with E-state index in [4.69, 9.17) is 26.8 Å². The van der Waals surface area contributed by atoms with E-state index < -0.39 is 12.1 Å². The molecule has 0 amide bonds. The molecule has 2 rings (SSSR count). The number of benzene rings is 1. The molecule has 0 bridgehead atoms. The van der Waals surface area contributed by atoms with Crippen LogP contribution >= 0.6 is 23.4 Å². The maximum absolute atomic E-state index is 10.6. The van der Waals surface area contributed by atoms with E-state index in [1.165, 1.54) is 11.1 Å². The van der Waals surface area contributed by atoms with Gasteiger partial charge in [-0.25, -0.2) is 4.79 Å². The Morgan fingerprint density at radius 1 is 1.39 bits per heavy atom. The van der Waals surface area contributed by atoms with Crippen LogP contribution in [0.5, 0.6) is 0 Å². The lowest BCUT2D eigenvalue weighted by atomic mass is 10.0. The zero-order valence-corrected chi connectivity index (χ0v) is 13.5. The predicted octanol–water partition coefficient (Wildman–Crippen LogP) is 3.28. The average Bonchev–Trinajstić information content (AvgIpc) is 2.71. The summed E-state index contributed by atoms with van der Waals surface area (Å²) in [7, 11) is 0. The summed E-state index contributed by atoms with van der Waals surface area (Å²) in [5.74, 6) is -2.30. The average molecular weight is 367 g/mol. The van der Waals surface area contributed by atoms with Gasteiger partial charge in [0.25, 0.3) is 0 Å². The van der Waals surface area contributed by atoms with Gasteiger partial charge in [-0.3, -0.25) is 0 Å². The molecular weight excluding hydrogens is 353 g/mol. The number of rotatable bonds is 2. The highest BCUT2D eigenvalue weighted by Gasteiger charge is 2.38. The molecule has 0 aromatic heterocycles. The van der Waals surface area contributed by atoms with Gasteiger partial charge < -0.3 is 10.4 Å². The topological polar surface area (TPSA) is 73.1 Å². The summed E-state index contributed by atoms with van der Waals surface area (Å²) in [5, 5.41) is 19.9. The Bertz CT molecular complexity index is 603. The maximum atomic E-state index is 10.6. The smallest absolute Gasteiger partial charge is 0.475 e. The van der Waals surface area contributed by atoms with Crippen LogP contribution < -0.4 is 5.32 Å². The largest absolute Gasteiger partial charge is 0.490 e. The Balaban J connectivity index is 0.000000322. The summed E-state index contributed by atoms with van der Waals surface area (Å²) < 4.78 is 31.7. The molecule has 4 nitrogen and oxygen atoms in total. The Morgan fingerprint density at radius 3 is 2.57 bits per heavy atom. The van der Waals surface area contributed by atoms with Crippen LogP contribution in [0.4, 0.5) is 13.2 Å². The minimum Gasteiger partial charge on any atom is -0.475 e. The molecule has 9 heteroatoms. The molecule has 126 valence electrons. The number of carboxylic acids is 1. The molecule has 1 aliphatic rings. The number of carbonyl (C=O) groups is 1. The van der Waals surface area contributed by atoms with Gasteiger partial charge in [-0.2, -0.15) is 18.4 Å². The summed E-state index contributed by atoms with van der Waals surface area (Å²) in [6.07, 6.45) is -3.03. The lowest BCUT2D eigenvalue weighted by Crippen LogP contribution is -2.21. The molecule has 1 aromatic rings. The van der Waals surface area contributed by atoms with E-state index in [1.54, 1.807) is 11.8 Å². The molecule has 0 unspecified atom stereocenters. The van der Waals surface area contributed by atoms with Crippen molar-refractivity contribution < 1.29 is 23.1 Å². The van der Waals surface area contributed by atoms with Gasteiger partial charge in [-0.05, 0) is 43.1 Å². The van der Waals surface area contributed by atoms with E-state index in [0.717, 1.165) is 35.8 Å². The van der Waals surface area contributed by atoms with Gasteiger partial charge in [-0.1, -0.05) is 17.7 Å². The molecule has 0 spiro atoms. The Kier molecular flexibility index (Phi) is 7.68. The normalized spacial score (nSPS) is 13.9. The van der Waals surface area contributed by atoms with Crippen LogP contribution in [0.2, 0.25) is 5.02 Å².